The van der Waals surface area contributed by atoms with Crippen molar-refractivity contribution in [3.05, 3.63) is 41.4 Å². The van der Waals surface area contributed by atoms with Gasteiger partial charge in [0.25, 0.3) is 0 Å². The van der Waals surface area contributed by atoms with Gasteiger partial charge in [0.15, 0.2) is 0 Å². The lowest BCUT2D eigenvalue weighted by molar-refractivity contribution is -0.144. The van der Waals surface area contributed by atoms with Crippen molar-refractivity contribution < 1.29 is 19.4 Å². The highest BCUT2D eigenvalue weighted by Gasteiger charge is 2.30. The van der Waals surface area contributed by atoms with Crippen LogP contribution in [-0.4, -0.2) is 41.7 Å². The lowest BCUT2D eigenvalue weighted by atomic mass is 9.86. The fourth-order valence-corrected chi connectivity index (χ4v) is 3.95. The number of nitrogens with zero attached hydrogens (tertiary/aromatic N) is 1. The smallest absolute Gasteiger partial charge is 0.308 e. The largest absolute Gasteiger partial charge is 0.481 e. The quantitative estimate of drug-likeness (QED) is 0.778. The van der Waals surface area contributed by atoms with Gasteiger partial charge in [0.05, 0.1) is 18.0 Å². The summed E-state index contributed by atoms with van der Waals surface area (Å²) in [6.07, 6.45) is 1.60. The first-order chi connectivity index (χ1) is 12.6. The van der Waals surface area contributed by atoms with E-state index in [0.29, 0.717) is 18.9 Å². The SMILES string of the molecule is O=C(Cc1csc(-c2ccccc2)n1)NCC(C(=O)O)C1CCOCC1. The molecule has 1 aromatic carbocycles. The number of hydrogen-bond acceptors (Lipinski definition) is 5. The Morgan fingerprint density at radius 2 is 2.00 bits per heavy atom. The standard InChI is InChI=1S/C19H22N2O4S/c22-17(20-11-16(19(23)24)13-6-8-25-9-7-13)10-15-12-26-18(21-15)14-4-2-1-3-5-14/h1-5,12-13,16H,6-11H2,(H,20,22)(H,23,24). The summed E-state index contributed by atoms with van der Waals surface area (Å²) in [5, 5.41) is 15.0. The van der Waals surface area contributed by atoms with Crippen molar-refractivity contribution in [1.29, 1.82) is 0 Å². The third-order valence-electron chi connectivity index (χ3n) is 4.59. The van der Waals surface area contributed by atoms with Crippen LogP contribution in [0.5, 0.6) is 0 Å². The maximum absolute atomic E-state index is 12.2. The van der Waals surface area contributed by atoms with Crippen LogP contribution < -0.4 is 5.32 Å². The van der Waals surface area contributed by atoms with Gasteiger partial charge < -0.3 is 15.2 Å². The fraction of sp³-hybridized carbons (Fsp3) is 0.421. The van der Waals surface area contributed by atoms with E-state index in [9.17, 15) is 14.7 Å². The lowest BCUT2D eigenvalue weighted by Gasteiger charge is -2.27. The van der Waals surface area contributed by atoms with E-state index in [1.54, 1.807) is 0 Å². The molecule has 6 nitrogen and oxygen atoms in total. The molecule has 0 bridgehead atoms. The minimum atomic E-state index is -0.864. The number of hydrogen-bond donors (Lipinski definition) is 2. The first kappa shape index (κ1) is 18.5. The Labute approximate surface area is 156 Å². The van der Waals surface area contributed by atoms with E-state index >= 15 is 0 Å². The van der Waals surface area contributed by atoms with E-state index in [4.69, 9.17) is 4.74 Å². The molecule has 1 aliphatic rings. The Balaban J connectivity index is 1.53. The predicted octanol–water partition coefficient (Wildman–Crippen LogP) is 2.60. The van der Waals surface area contributed by atoms with Crippen LogP contribution in [0, 0.1) is 11.8 Å². The van der Waals surface area contributed by atoms with Gasteiger partial charge in [0, 0.05) is 30.7 Å². The second kappa shape index (κ2) is 8.91. The van der Waals surface area contributed by atoms with Crippen molar-refractivity contribution in [2.75, 3.05) is 19.8 Å². The molecule has 0 spiro atoms. The summed E-state index contributed by atoms with van der Waals surface area (Å²) in [5.41, 5.74) is 1.72. The Morgan fingerprint density at radius 1 is 1.27 bits per heavy atom. The van der Waals surface area contributed by atoms with Gasteiger partial charge in [0.1, 0.15) is 5.01 Å². The van der Waals surface area contributed by atoms with Crippen LogP contribution >= 0.6 is 11.3 Å². The van der Waals surface area contributed by atoms with Crippen molar-refractivity contribution in [3.8, 4) is 10.6 Å². The number of ether oxygens (including phenoxy) is 1. The van der Waals surface area contributed by atoms with Gasteiger partial charge in [-0.15, -0.1) is 11.3 Å². The molecule has 3 rings (SSSR count). The number of aliphatic carboxylic acids is 1. The topological polar surface area (TPSA) is 88.5 Å². The fourth-order valence-electron chi connectivity index (χ4n) is 3.13. The van der Waals surface area contributed by atoms with E-state index in [-0.39, 0.29) is 24.8 Å². The molecule has 26 heavy (non-hydrogen) atoms. The number of rotatable bonds is 7. The summed E-state index contributed by atoms with van der Waals surface area (Å²) >= 11 is 1.50. The third kappa shape index (κ3) is 4.89. The van der Waals surface area contributed by atoms with E-state index < -0.39 is 11.9 Å². The number of carboxylic acid groups (broad SMARTS) is 1. The molecule has 0 saturated carbocycles. The second-order valence-electron chi connectivity index (χ2n) is 6.39. The zero-order valence-electron chi connectivity index (χ0n) is 14.4. The summed E-state index contributed by atoms with van der Waals surface area (Å²) in [6.45, 7) is 1.32. The van der Waals surface area contributed by atoms with Crippen LogP contribution in [0.15, 0.2) is 35.7 Å². The Kier molecular flexibility index (Phi) is 6.35. The monoisotopic (exact) mass is 374 g/mol. The highest BCUT2D eigenvalue weighted by molar-refractivity contribution is 7.13. The first-order valence-corrected chi connectivity index (χ1v) is 9.58. The van der Waals surface area contributed by atoms with Gasteiger partial charge in [-0.3, -0.25) is 9.59 Å². The molecule has 1 fully saturated rings. The second-order valence-corrected chi connectivity index (χ2v) is 7.24. The predicted molar refractivity (Wildman–Crippen MR) is 98.9 cm³/mol. The van der Waals surface area contributed by atoms with Gasteiger partial charge in [-0.05, 0) is 18.8 Å². The third-order valence-corrected chi connectivity index (χ3v) is 5.53. The number of aromatic nitrogens is 1. The van der Waals surface area contributed by atoms with E-state index in [1.807, 2.05) is 35.7 Å². The molecule has 7 heteroatoms. The molecule has 2 heterocycles. The molecule has 2 aromatic rings. The number of benzene rings is 1. The van der Waals surface area contributed by atoms with Crippen LogP contribution in [0.4, 0.5) is 0 Å². The molecular formula is C19H22N2O4S. The average molecular weight is 374 g/mol. The molecule has 1 aromatic heterocycles. The van der Waals surface area contributed by atoms with Crippen molar-refractivity contribution in [3.63, 3.8) is 0 Å². The summed E-state index contributed by atoms with van der Waals surface area (Å²) in [5.74, 6) is -1.59. The summed E-state index contributed by atoms with van der Waals surface area (Å²) in [6, 6.07) is 9.81. The van der Waals surface area contributed by atoms with Gasteiger partial charge in [-0.25, -0.2) is 4.98 Å². The number of carboxylic acids is 1. The normalized spacial score (nSPS) is 16.2. The van der Waals surface area contributed by atoms with E-state index in [0.717, 1.165) is 23.4 Å². The van der Waals surface area contributed by atoms with Crippen LogP contribution in [0.2, 0.25) is 0 Å². The van der Waals surface area contributed by atoms with Gasteiger partial charge in [-0.1, -0.05) is 30.3 Å². The van der Waals surface area contributed by atoms with Crippen LogP contribution in [0.1, 0.15) is 18.5 Å². The van der Waals surface area contributed by atoms with Crippen LogP contribution in [0.25, 0.3) is 10.6 Å². The Bertz CT molecular complexity index is 741. The van der Waals surface area contributed by atoms with Crippen molar-refractivity contribution >= 4 is 23.2 Å². The molecule has 0 radical (unpaired) electrons. The molecule has 1 atom stereocenters. The molecule has 1 unspecified atom stereocenters. The van der Waals surface area contributed by atoms with Crippen molar-refractivity contribution in [1.82, 2.24) is 10.3 Å². The molecule has 1 aliphatic heterocycles. The number of carbonyl (C=O) groups is 2. The summed E-state index contributed by atoms with van der Waals surface area (Å²) in [7, 11) is 0. The summed E-state index contributed by atoms with van der Waals surface area (Å²) < 4.78 is 5.29. The molecule has 2 N–H and O–H groups in total. The lowest BCUT2D eigenvalue weighted by Crippen LogP contribution is -2.39. The maximum atomic E-state index is 12.2. The highest BCUT2D eigenvalue weighted by atomic mass is 32.1. The molecule has 138 valence electrons. The van der Waals surface area contributed by atoms with Gasteiger partial charge >= 0.3 is 5.97 Å². The zero-order chi connectivity index (χ0) is 18.4. The molecule has 1 amide bonds. The van der Waals surface area contributed by atoms with E-state index in [1.165, 1.54) is 11.3 Å². The Hall–Kier alpha value is -2.25. The number of nitrogens with one attached hydrogen (secondary N) is 1. The van der Waals surface area contributed by atoms with Crippen LogP contribution in [0.3, 0.4) is 0 Å². The molecule has 0 aliphatic carbocycles. The van der Waals surface area contributed by atoms with Gasteiger partial charge in [-0.2, -0.15) is 0 Å². The van der Waals surface area contributed by atoms with E-state index in [2.05, 4.69) is 10.3 Å². The van der Waals surface area contributed by atoms with Gasteiger partial charge in [0.2, 0.25) is 5.91 Å². The molecule has 1 saturated heterocycles. The minimum absolute atomic E-state index is 0.0468. The number of amides is 1. The van der Waals surface area contributed by atoms with Crippen molar-refractivity contribution in [2.24, 2.45) is 11.8 Å². The number of carbonyl (C=O) groups excluding carboxylic acids is 1. The first-order valence-electron chi connectivity index (χ1n) is 8.70. The van der Waals surface area contributed by atoms with Crippen molar-refractivity contribution in [2.45, 2.75) is 19.3 Å². The Morgan fingerprint density at radius 3 is 2.69 bits per heavy atom. The maximum Gasteiger partial charge on any atom is 0.308 e. The number of thiazole rings is 1. The highest BCUT2D eigenvalue weighted by Crippen LogP contribution is 2.25. The average Bonchev–Trinajstić information content (AvgIpc) is 3.11. The minimum Gasteiger partial charge on any atom is -0.481 e. The molecular weight excluding hydrogens is 352 g/mol. The summed E-state index contributed by atoms with van der Waals surface area (Å²) in [4.78, 5) is 28.2. The van der Waals surface area contributed by atoms with Crippen LogP contribution in [-0.2, 0) is 20.7 Å². The zero-order valence-corrected chi connectivity index (χ0v) is 15.2.